The molecule has 0 fully saturated rings. The summed E-state index contributed by atoms with van der Waals surface area (Å²) in [6.45, 7) is 4.57. The largest absolute Gasteiger partial charge is 0.487 e. The molecule has 2 aromatic carbocycles. The van der Waals surface area contributed by atoms with Crippen LogP contribution in [-0.4, -0.2) is 33.9 Å². The lowest BCUT2D eigenvalue weighted by Gasteiger charge is -2.32. The number of carbonyl (C=O) groups is 2. The summed E-state index contributed by atoms with van der Waals surface area (Å²) in [5.74, 6) is 0.528. The molecule has 3 heterocycles. The first-order valence-corrected chi connectivity index (χ1v) is 10.2. The van der Waals surface area contributed by atoms with Gasteiger partial charge in [-0.3, -0.25) is 9.59 Å². The lowest BCUT2D eigenvalue weighted by molar-refractivity contribution is 0.0619. The van der Waals surface area contributed by atoms with Crippen molar-refractivity contribution in [2.75, 3.05) is 6.54 Å². The number of Topliss-reactive ketones (excluding diaryl/α,β-unsaturated/α-hetero) is 1. The minimum Gasteiger partial charge on any atom is -0.487 e. The summed E-state index contributed by atoms with van der Waals surface area (Å²) in [5, 5.41) is 4.14. The van der Waals surface area contributed by atoms with E-state index < -0.39 is 5.60 Å². The average Bonchev–Trinajstić information content (AvgIpc) is 3.16. The van der Waals surface area contributed by atoms with Crippen LogP contribution in [0.5, 0.6) is 5.75 Å². The van der Waals surface area contributed by atoms with E-state index in [-0.39, 0.29) is 23.9 Å². The van der Waals surface area contributed by atoms with Gasteiger partial charge in [-0.15, -0.1) is 0 Å². The molecule has 0 atom stereocenters. The zero-order valence-corrected chi connectivity index (χ0v) is 17.3. The molecule has 6 nitrogen and oxygen atoms in total. The molecule has 0 unspecified atom stereocenters. The van der Waals surface area contributed by atoms with Gasteiger partial charge in [0.15, 0.2) is 11.5 Å². The van der Waals surface area contributed by atoms with Gasteiger partial charge in [0, 0.05) is 29.7 Å². The number of benzene rings is 2. The van der Waals surface area contributed by atoms with Crippen LogP contribution in [0.2, 0.25) is 0 Å². The van der Waals surface area contributed by atoms with E-state index in [2.05, 4.69) is 5.16 Å². The van der Waals surface area contributed by atoms with Crippen molar-refractivity contribution in [2.24, 2.45) is 0 Å². The van der Waals surface area contributed by atoms with Crippen LogP contribution in [0.25, 0.3) is 11.3 Å². The maximum absolute atomic E-state index is 13.3. The van der Waals surface area contributed by atoms with Gasteiger partial charge in [-0.2, -0.15) is 0 Å². The molecule has 1 aromatic heterocycles. The van der Waals surface area contributed by atoms with Crippen molar-refractivity contribution in [2.45, 2.75) is 38.8 Å². The summed E-state index contributed by atoms with van der Waals surface area (Å²) in [6, 6.07) is 11.0. The van der Waals surface area contributed by atoms with Gasteiger partial charge in [-0.25, -0.2) is 4.39 Å². The monoisotopic (exact) mass is 420 g/mol. The molecule has 1 amide bonds. The Balaban J connectivity index is 1.42. The highest BCUT2D eigenvalue weighted by Gasteiger charge is 2.34. The van der Waals surface area contributed by atoms with Gasteiger partial charge in [0.2, 0.25) is 0 Å². The van der Waals surface area contributed by atoms with Crippen molar-refractivity contribution in [3.8, 4) is 17.1 Å². The Labute approximate surface area is 178 Å². The fourth-order valence-electron chi connectivity index (χ4n) is 4.18. The summed E-state index contributed by atoms with van der Waals surface area (Å²) >= 11 is 0. The first-order valence-electron chi connectivity index (χ1n) is 10.2. The third kappa shape index (κ3) is 3.50. The fraction of sp³-hybridized carbons (Fsp3) is 0.292. The van der Waals surface area contributed by atoms with Gasteiger partial charge in [0.1, 0.15) is 17.2 Å². The molecular weight excluding hydrogens is 399 g/mol. The lowest BCUT2D eigenvalue weighted by Crippen LogP contribution is -2.37. The van der Waals surface area contributed by atoms with E-state index in [1.165, 1.54) is 12.1 Å². The number of halogens is 1. The Hall–Kier alpha value is -3.48. The van der Waals surface area contributed by atoms with Crippen molar-refractivity contribution in [1.29, 1.82) is 0 Å². The molecule has 3 aromatic rings. The quantitative estimate of drug-likeness (QED) is 0.614. The van der Waals surface area contributed by atoms with Crippen molar-refractivity contribution in [3.05, 3.63) is 70.7 Å². The van der Waals surface area contributed by atoms with E-state index >= 15 is 0 Å². The van der Waals surface area contributed by atoms with Gasteiger partial charge in [0.25, 0.3) is 5.91 Å². The molecule has 0 bridgehead atoms. The minimum absolute atomic E-state index is 0.0283. The number of carbonyl (C=O) groups excluding carboxylic acids is 2. The number of fused-ring (bicyclic) bond motifs is 2. The Morgan fingerprint density at radius 3 is 2.71 bits per heavy atom. The summed E-state index contributed by atoms with van der Waals surface area (Å²) in [7, 11) is 0. The second kappa shape index (κ2) is 7.04. The van der Waals surface area contributed by atoms with Crippen LogP contribution in [0.4, 0.5) is 4.39 Å². The average molecular weight is 420 g/mol. The Morgan fingerprint density at radius 2 is 1.94 bits per heavy atom. The number of amides is 1. The second-order valence-electron chi connectivity index (χ2n) is 8.59. The SMILES string of the molecule is CC1(C)CC(=O)c2cc(C(=O)N3CCc4noc(-c5ccc(F)cc5)c4C3)ccc2O1. The molecule has 0 N–H and O–H groups in total. The summed E-state index contributed by atoms with van der Waals surface area (Å²) in [5.41, 5.74) is 2.68. The topological polar surface area (TPSA) is 72.6 Å². The van der Waals surface area contributed by atoms with E-state index in [4.69, 9.17) is 9.26 Å². The van der Waals surface area contributed by atoms with E-state index in [9.17, 15) is 14.0 Å². The highest BCUT2D eigenvalue weighted by molar-refractivity contribution is 6.03. The first-order chi connectivity index (χ1) is 14.8. The zero-order chi connectivity index (χ0) is 21.8. The highest BCUT2D eigenvalue weighted by Crippen LogP contribution is 2.35. The lowest BCUT2D eigenvalue weighted by atomic mass is 9.92. The van der Waals surface area contributed by atoms with Crippen LogP contribution < -0.4 is 4.74 Å². The first kappa shape index (κ1) is 19.5. The summed E-state index contributed by atoms with van der Waals surface area (Å²) < 4.78 is 24.7. The van der Waals surface area contributed by atoms with Gasteiger partial charge >= 0.3 is 0 Å². The number of rotatable bonds is 2. The smallest absolute Gasteiger partial charge is 0.254 e. The minimum atomic E-state index is -0.552. The maximum Gasteiger partial charge on any atom is 0.254 e. The fourth-order valence-corrected chi connectivity index (χ4v) is 4.18. The van der Waals surface area contributed by atoms with Crippen LogP contribution >= 0.6 is 0 Å². The van der Waals surface area contributed by atoms with Crippen LogP contribution in [0.3, 0.4) is 0 Å². The van der Waals surface area contributed by atoms with Gasteiger partial charge < -0.3 is 14.2 Å². The maximum atomic E-state index is 13.3. The molecule has 5 rings (SSSR count). The van der Waals surface area contributed by atoms with Crippen LogP contribution in [0, 0.1) is 5.82 Å². The molecule has 2 aliphatic heterocycles. The third-order valence-corrected chi connectivity index (χ3v) is 5.73. The molecule has 7 heteroatoms. The van der Waals surface area contributed by atoms with Crippen molar-refractivity contribution in [3.63, 3.8) is 0 Å². The predicted molar refractivity (Wildman–Crippen MR) is 110 cm³/mol. The molecule has 0 saturated heterocycles. The zero-order valence-electron chi connectivity index (χ0n) is 17.3. The van der Waals surface area contributed by atoms with Crippen LogP contribution in [-0.2, 0) is 13.0 Å². The third-order valence-electron chi connectivity index (χ3n) is 5.73. The molecule has 0 spiro atoms. The molecule has 0 radical (unpaired) electrons. The van der Waals surface area contributed by atoms with E-state index in [1.807, 2.05) is 13.8 Å². The number of ketones is 1. The molecule has 31 heavy (non-hydrogen) atoms. The normalized spacial score (nSPS) is 17.0. The van der Waals surface area contributed by atoms with Crippen LogP contribution in [0.1, 0.15) is 52.2 Å². The second-order valence-corrected chi connectivity index (χ2v) is 8.59. The summed E-state index contributed by atoms with van der Waals surface area (Å²) in [4.78, 5) is 27.5. The number of hydrogen-bond donors (Lipinski definition) is 0. The van der Waals surface area contributed by atoms with E-state index in [1.54, 1.807) is 35.2 Å². The standard InChI is InChI=1S/C24H21FN2O4/c1-24(2)12-20(28)17-11-15(5-8-21(17)30-24)23(29)27-10-9-19-18(13-27)22(31-26-19)14-3-6-16(25)7-4-14/h3-8,11H,9-10,12-13H2,1-2H3. The highest BCUT2D eigenvalue weighted by atomic mass is 19.1. The number of nitrogens with zero attached hydrogens (tertiary/aromatic N) is 2. The van der Waals surface area contributed by atoms with Crippen molar-refractivity contribution >= 4 is 11.7 Å². The molecular formula is C24H21FN2O4. The van der Waals surface area contributed by atoms with Crippen molar-refractivity contribution in [1.82, 2.24) is 10.1 Å². The Kier molecular flexibility index (Phi) is 4.43. The van der Waals surface area contributed by atoms with Gasteiger partial charge in [-0.1, -0.05) is 5.16 Å². The molecule has 158 valence electrons. The Bertz CT molecular complexity index is 1200. The van der Waals surface area contributed by atoms with Gasteiger partial charge in [0.05, 0.1) is 24.2 Å². The molecule has 0 aliphatic carbocycles. The van der Waals surface area contributed by atoms with Gasteiger partial charge in [-0.05, 0) is 56.3 Å². The summed E-state index contributed by atoms with van der Waals surface area (Å²) in [6.07, 6.45) is 0.833. The number of hydrogen-bond acceptors (Lipinski definition) is 5. The molecule has 0 saturated carbocycles. The van der Waals surface area contributed by atoms with E-state index in [0.29, 0.717) is 47.7 Å². The van der Waals surface area contributed by atoms with Crippen LogP contribution in [0.15, 0.2) is 47.0 Å². The number of ether oxygens (including phenoxy) is 1. The van der Waals surface area contributed by atoms with E-state index in [0.717, 1.165) is 11.3 Å². The predicted octanol–water partition coefficient (Wildman–Crippen LogP) is 4.42. The number of aromatic nitrogens is 1. The van der Waals surface area contributed by atoms with Crippen molar-refractivity contribution < 1.29 is 23.2 Å². The molecule has 2 aliphatic rings. The Morgan fingerprint density at radius 1 is 1.16 bits per heavy atom.